The first-order chi connectivity index (χ1) is 14.6. The molecule has 0 spiro atoms. The molecule has 5 rings (SSSR count). The van der Waals surface area contributed by atoms with E-state index in [-0.39, 0.29) is 11.7 Å². The van der Waals surface area contributed by atoms with Gasteiger partial charge < -0.3 is 5.73 Å². The summed E-state index contributed by atoms with van der Waals surface area (Å²) in [7, 11) is 0. The van der Waals surface area contributed by atoms with E-state index < -0.39 is 0 Å². The smallest absolute Gasteiger partial charge is 0.165 e. The number of hydrogen-bond donors (Lipinski definition) is 1. The third kappa shape index (κ3) is 3.17. The number of nitrogen functional groups attached to an aromatic ring is 1. The van der Waals surface area contributed by atoms with Crippen molar-refractivity contribution in [2.75, 3.05) is 5.73 Å². The van der Waals surface area contributed by atoms with E-state index in [0.29, 0.717) is 17.0 Å². The van der Waals surface area contributed by atoms with Gasteiger partial charge in [0.25, 0.3) is 0 Å². The van der Waals surface area contributed by atoms with Gasteiger partial charge in [0, 0.05) is 34.8 Å². The zero-order valence-corrected chi connectivity index (χ0v) is 17.5. The first kappa shape index (κ1) is 18.9. The van der Waals surface area contributed by atoms with E-state index in [1.807, 2.05) is 23.7 Å². The summed E-state index contributed by atoms with van der Waals surface area (Å²) in [5.41, 5.74) is 11.0. The molecular formula is C22H22N6OS. The van der Waals surface area contributed by atoms with Gasteiger partial charge in [-0.3, -0.25) is 9.78 Å². The highest BCUT2D eigenvalue weighted by Crippen LogP contribution is 2.37. The second-order valence-electron chi connectivity index (χ2n) is 7.71. The summed E-state index contributed by atoms with van der Waals surface area (Å²) in [6.45, 7) is 1.55. The molecule has 7 nitrogen and oxygen atoms in total. The van der Waals surface area contributed by atoms with Crippen LogP contribution >= 0.6 is 11.3 Å². The second-order valence-corrected chi connectivity index (χ2v) is 8.61. The van der Waals surface area contributed by atoms with Gasteiger partial charge in [-0.2, -0.15) is 9.61 Å². The van der Waals surface area contributed by atoms with Crippen LogP contribution in [0, 0.1) is 0 Å². The molecule has 1 aliphatic carbocycles. The first-order valence-electron chi connectivity index (χ1n) is 10.2. The quantitative estimate of drug-likeness (QED) is 0.480. The van der Waals surface area contributed by atoms with Crippen molar-refractivity contribution in [1.82, 2.24) is 24.6 Å². The van der Waals surface area contributed by atoms with Gasteiger partial charge in [0.1, 0.15) is 10.8 Å². The van der Waals surface area contributed by atoms with Crippen molar-refractivity contribution < 1.29 is 4.79 Å². The van der Waals surface area contributed by atoms with E-state index in [9.17, 15) is 4.79 Å². The van der Waals surface area contributed by atoms with Gasteiger partial charge >= 0.3 is 0 Å². The lowest BCUT2D eigenvalue weighted by Gasteiger charge is -2.23. The number of aromatic nitrogens is 5. The Hall–Kier alpha value is -3.13. The van der Waals surface area contributed by atoms with Crippen molar-refractivity contribution in [3.8, 4) is 21.8 Å². The summed E-state index contributed by atoms with van der Waals surface area (Å²) in [6, 6.07) is 3.95. The summed E-state index contributed by atoms with van der Waals surface area (Å²) < 4.78 is 1.58. The van der Waals surface area contributed by atoms with E-state index >= 15 is 0 Å². The predicted molar refractivity (Wildman–Crippen MR) is 118 cm³/mol. The molecule has 1 aliphatic rings. The molecule has 0 amide bonds. The fourth-order valence-corrected chi connectivity index (χ4v) is 4.91. The third-order valence-electron chi connectivity index (χ3n) is 5.78. The molecule has 2 N–H and O–H groups in total. The molecule has 0 saturated heterocycles. The lowest BCUT2D eigenvalue weighted by Crippen LogP contribution is -2.17. The zero-order chi connectivity index (χ0) is 20.7. The van der Waals surface area contributed by atoms with Crippen molar-refractivity contribution in [3.63, 3.8) is 0 Å². The molecule has 4 heterocycles. The monoisotopic (exact) mass is 418 g/mol. The largest absolute Gasteiger partial charge is 0.383 e. The van der Waals surface area contributed by atoms with Crippen molar-refractivity contribution in [2.45, 2.75) is 44.9 Å². The maximum Gasteiger partial charge on any atom is 0.165 e. The predicted octanol–water partition coefficient (Wildman–Crippen LogP) is 4.75. The third-order valence-corrected chi connectivity index (χ3v) is 6.58. The fraction of sp³-hybridized carbons (Fsp3) is 0.318. The topological polar surface area (TPSA) is 99.1 Å². The molecule has 0 aromatic carbocycles. The van der Waals surface area contributed by atoms with Crippen LogP contribution in [0.4, 0.5) is 5.82 Å². The van der Waals surface area contributed by atoms with Gasteiger partial charge in [-0.25, -0.2) is 9.97 Å². The van der Waals surface area contributed by atoms with E-state index in [2.05, 4.69) is 15.1 Å². The van der Waals surface area contributed by atoms with Crippen molar-refractivity contribution in [3.05, 3.63) is 47.4 Å². The van der Waals surface area contributed by atoms with Crippen molar-refractivity contribution >= 4 is 28.6 Å². The number of nitrogens with zero attached hydrogens (tertiary/aromatic N) is 5. The zero-order valence-electron chi connectivity index (χ0n) is 16.7. The van der Waals surface area contributed by atoms with Gasteiger partial charge in [-0.15, -0.1) is 11.3 Å². The molecular weight excluding hydrogens is 396 g/mol. The molecule has 0 bridgehead atoms. The molecule has 0 unspecified atom stereocenters. The molecule has 4 aromatic rings. The molecule has 1 saturated carbocycles. The molecule has 0 aliphatic heterocycles. The Kier molecular flexibility index (Phi) is 4.78. The van der Waals surface area contributed by atoms with Crippen LogP contribution in [0.5, 0.6) is 0 Å². The molecule has 1 fully saturated rings. The highest BCUT2D eigenvalue weighted by atomic mass is 32.1. The number of hydrogen-bond acceptors (Lipinski definition) is 7. The number of pyridine rings is 1. The van der Waals surface area contributed by atoms with Crippen LogP contribution in [-0.4, -0.2) is 30.3 Å². The highest BCUT2D eigenvalue weighted by Gasteiger charge is 2.26. The van der Waals surface area contributed by atoms with Gasteiger partial charge in [-0.05, 0) is 25.8 Å². The Morgan fingerprint density at radius 2 is 2.00 bits per heavy atom. The van der Waals surface area contributed by atoms with Crippen LogP contribution in [0.25, 0.3) is 27.5 Å². The van der Waals surface area contributed by atoms with Crippen LogP contribution in [0.15, 0.2) is 36.1 Å². The summed E-state index contributed by atoms with van der Waals surface area (Å²) in [4.78, 5) is 26.2. The summed E-state index contributed by atoms with van der Waals surface area (Å²) >= 11 is 1.56. The van der Waals surface area contributed by atoms with Gasteiger partial charge in [0.05, 0.1) is 23.1 Å². The summed E-state index contributed by atoms with van der Waals surface area (Å²) in [5, 5.41) is 7.25. The molecule has 0 atom stereocenters. The molecule has 152 valence electrons. The summed E-state index contributed by atoms with van der Waals surface area (Å²) in [6.07, 6.45) is 10.9. The number of Topliss-reactive ketones (excluding diaryl/α,β-unsaturated/α-hetero) is 1. The van der Waals surface area contributed by atoms with Gasteiger partial charge in [0.2, 0.25) is 0 Å². The van der Waals surface area contributed by atoms with E-state index in [4.69, 9.17) is 10.7 Å². The lowest BCUT2D eigenvalue weighted by molar-refractivity contribution is 0.101. The maximum atomic E-state index is 12.4. The van der Waals surface area contributed by atoms with Crippen LogP contribution in [0.2, 0.25) is 0 Å². The fourth-order valence-electron chi connectivity index (χ4n) is 4.30. The minimum absolute atomic E-state index is 0.0611. The van der Waals surface area contributed by atoms with Gasteiger partial charge in [0.15, 0.2) is 11.4 Å². The number of carbonyl (C=O) groups is 1. The molecule has 30 heavy (non-hydrogen) atoms. The minimum atomic E-state index is -0.0611. The van der Waals surface area contributed by atoms with E-state index in [1.54, 1.807) is 35.2 Å². The number of fused-ring (bicyclic) bond motifs is 1. The van der Waals surface area contributed by atoms with Crippen molar-refractivity contribution in [2.24, 2.45) is 0 Å². The van der Waals surface area contributed by atoms with Crippen LogP contribution in [-0.2, 0) is 0 Å². The van der Waals surface area contributed by atoms with E-state index in [0.717, 1.165) is 53.2 Å². The number of rotatable bonds is 4. The first-order valence-corrected chi connectivity index (χ1v) is 11.1. The molecule has 8 heteroatoms. The average Bonchev–Trinajstić information content (AvgIpc) is 3.44. The van der Waals surface area contributed by atoms with Crippen LogP contribution in [0.3, 0.4) is 0 Å². The van der Waals surface area contributed by atoms with Crippen molar-refractivity contribution in [1.29, 1.82) is 0 Å². The normalized spacial score (nSPS) is 15.0. The number of thiazole rings is 1. The number of ketones is 1. The second kappa shape index (κ2) is 7.60. The standard InChI is InChI=1S/C22H22N6OS/c1-13(29)18-19(14-5-3-2-4-6-14)27-21-16(12-26-28(21)20(18)23)15-7-8-17(25-11-15)22-24-9-10-30-22/h7-12,14H,2-6,23H2,1H3. The minimum Gasteiger partial charge on any atom is -0.383 e. The number of carbonyl (C=O) groups excluding carboxylic acids is 1. The number of anilines is 1. The number of nitrogens with two attached hydrogens (primary N) is 1. The average molecular weight is 419 g/mol. The highest BCUT2D eigenvalue weighted by molar-refractivity contribution is 7.13. The Labute approximate surface area is 178 Å². The SMILES string of the molecule is CC(=O)c1c(C2CCCCC2)nc2c(-c3ccc(-c4nccs4)nc3)cnn2c1N. The van der Waals surface area contributed by atoms with Crippen LogP contribution in [0.1, 0.15) is 61.0 Å². The summed E-state index contributed by atoms with van der Waals surface area (Å²) in [5.74, 6) is 0.568. The van der Waals surface area contributed by atoms with E-state index in [1.165, 1.54) is 6.42 Å². The Balaban J connectivity index is 1.63. The Bertz CT molecular complexity index is 1210. The molecule has 4 aromatic heterocycles. The Morgan fingerprint density at radius 1 is 1.17 bits per heavy atom. The maximum absolute atomic E-state index is 12.4. The Morgan fingerprint density at radius 3 is 2.67 bits per heavy atom. The molecule has 0 radical (unpaired) electrons. The van der Waals surface area contributed by atoms with Crippen LogP contribution < -0.4 is 5.73 Å². The van der Waals surface area contributed by atoms with Gasteiger partial charge in [-0.1, -0.05) is 25.3 Å². The lowest BCUT2D eigenvalue weighted by atomic mass is 9.84.